The Morgan fingerprint density at radius 1 is 1.09 bits per heavy atom. The van der Waals surface area contributed by atoms with Crippen LogP contribution in [0.15, 0.2) is 42.7 Å². The molecule has 2 unspecified atom stereocenters. The van der Waals surface area contributed by atoms with Crippen LogP contribution >= 0.6 is 0 Å². The molecule has 2 aromatic rings. The number of carbonyl (C=O) groups is 2. The Balaban J connectivity index is 1.27. The van der Waals surface area contributed by atoms with Gasteiger partial charge in [0.05, 0.1) is 0 Å². The van der Waals surface area contributed by atoms with E-state index in [1.165, 1.54) is 5.69 Å². The van der Waals surface area contributed by atoms with E-state index in [-0.39, 0.29) is 29.8 Å². The number of hydrogen-bond acceptors (Lipinski definition) is 6. The predicted octanol–water partition coefficient (Wildman–Crippen LogP) is 3.02. The summed E-state index contributed by atoms with van der Waals surface area (Å²) >= 11 is 0. The van der Waals surface area contributed by atoms with Crippen molar-refractivity contribution in [3.63, 3.8) is 0 Å². The lowest BCUT2D eigenvalue weighted by molar-refractivity contribution is -0.136. The maximum absolute atomic E-state index is 13.0. The highest BCUT2D eigenvalue weighted by Crippen LogP contribution is 2.27. The smallest absolute Gasteiger partial charge is 0.241 e. The fraction of sp³-hybridized carbons (Fsp3) is 0.500. The summed E-state index contributed by atoms with van der Waals surface area (Å²) in [6.07, 6.45) is 5.60. The van der Waals surface area contributed by atoms with Gasteiger partial charge >= 0.3 is 0 Å². The third-order valence-electron chi connectivity index (χ3n) is 7.08. The summed E-state index contributed by atoms with van der Waals surface area (Å²) < 4.78 is 0. The lowest BCUT2D eigenvalue weighted by atomic mass is 9.94. The Labute approximate surface area is 202 Å². The van der Waals surface area contributed by atoms with Gasteiger partial charge in [0.1, 0.15) is 6.04 Å². The minimum atomic E-state index is -0.254. The molecule has 2 saturated heterocycles. The molecule has 0 saturated carbocycles. The highest BCUT2D eigenvalue weighted by Gasteiger charge is 2.35. The van der Waals surface area contributed by atoms with Crippen LogP contribution in [0.2, 0.25) is 0 Å². The van der Waals surface area contributed by atoms with Crippen molar-refractivity contribution in [3.8, 4) is 0 Å². The average Bonchev–Trinajstić information content (AvgIpc) is 3.37. The molecule has 0 aliphatic carbocycles. The molecule has 1 aromatic heterocycles. The van der Waals surface area contributed by atoms with Crippen LogP contribution in [-0.2, 0) is 9.59 Å². The van der Waals surface area contributed by atoms with Crippen LogP contribution < -0.4 is 21.1 Å². The van der Waals surface area contributed by atoms with Gasteiger partial charge in [0.25, 0.3) is 0 Å². The van der Waals surface area contributed by atoms with Crippen molar-refractivity contribution in [2.24, 2.45) is 5.92 Å². The van der Waals surface area contributed by atoms with E-state index >= 15 is 0 Å². The van der Waals surface area contributed by atoms with Gasteiger partial charge in [-0.1, -0.05) is 0 Å². The summed E-state index contributed by atoms with van der Waals surface area (Å²) in [5, 5.41) is 3.12. The summed E-state index contributed by atoms with van der Waals surface area (Å²) in [4.78, 5) is 34.2. The molecule has 3 N–H and O–H groups in total. The molecule has 34 heavy (non-hydrogen) atoms. The SMILES string of the molecule is CCN(CC)c1ccc(NC(=O)C2CCN(C(=O)C3CC(c4ccncc4)NN3)CC2)c(C)c1. The van der Waals surface area contributed by atoms with E-state index < -0.39 is 0 Å². The molecule has 2 aliphatic heterocycles. The number of rotatable bonds is 7. The first-order valence-electron chi connectivity index (χ1n) is 12.4. The molecule has 1 aromatic carbocycles. The van der Waals surface area contributed by atoms with E-state index in [0.717, 1.165) is 29.9 Å². The Morgan fingerprint density at radius 2 is 1.79 bits per heavy atom. The van der Waals surface area contributed by atoms with E-state index in [2.05, 4.69) is 52.0 Å². The van der Waals surface area contributed by atoms with E-state index in [9.17, 15) is 9.59 Å². The third-order valence-corrected chi connectivity index (χ3v) is 7.08. The van der Waals surface area contributed by atoms with Crippen LogP contribution in [0.4, 0.5) is 11.4 Å². The van der Waals surface area contributed by atoms with Gasteiger partial charge in [-0.05, 0) is 81.5 Å². The summed E-state index contributed by atoms with van der Waals surface area (Å²) in [5.74, 6) is 0.0695. The first-order valence-corrected chi connectivity index (χ1v) is 12.4. The van der Waals surface area contributed by atoms with E-state index in [0.29, 0.717) is 32.4 Å². The van der Waals surface area contributed by atoms with Gasteiger partial charge in [-0.15, -0.1) is 0 Å². The van der Waals surface area contributed by atoms with Crippen LogP contribution in [-0.4, -0.2) is 53.9 Å². The van der Waals surface area contributed by atoms with Crippen LogP contribution in [0.3, 0.4) is 0 Å². The maximum atomic E-state index is 13.0. The second-order valence-electron chi connectivity index (χ2n) is 9.17. The summed E-state index contributed by atoms with van der Waals surface area (Å²) in [6, 6.07) is 9.97. The number of hydrazine groups is 1. The van der Waals surface area contributed by atoms with Crippen molar-refractivity contribution < 1.29 is 9.59 Å². The van der Waals surface area contributed by atoms with Crippen LogP contribution in [0.25, 0.3) is 0 Å². The molecule has 8 heteroatoms. The number of likely N-dealkylation sites (tertiary alicyclic amines) is 1. The van der Waals surface area contributed by atoms with Crippen LogP contribution in [0, 0.1) is 12.8 Å². The first kappa shape index (κ1) is 24.2. The van der Waals surface area contributed by atoms with Crippen molar-refractivity contribution in [1.82, 2.24) is 20.7 Å². The fourth-order valence-corrected chi connectivity index (χ4v) is 4.92. The second kappa shape index (κ2) is 11.0. The zero-order chi connectivity index (χ0) is 24.1. The molecule has 2 amide bonds. The second-order valence-corrected chi connectivity index (χ2v) is 9.17. The topological polar surface area (TPSA) is 89.6 Å². The Hall–Kier alpha value is -2.97. The van der Waals surface area contributed by atoms with Crippen LogP contribution in [0.1, 0.15) is 50.3 Å². The van der Waals surface area contributed by atoms with Crippen molar-refractivity contribution in [2.45, 2.75) is 52.1 Å². The normalized spacial score (nSPS) is 20.9. The van der Waals surface area contributed by atoms with Gasteiger partial charge in [-0.2, -0.15) is 0 Å². The Kier molecular flexibility index (Phi) is 7.80. The largest absolute Gasteiger partial charge is 0.372 e. The Morgan fingerprint density at radius 3 is 2.44 bits per heavy atom. The van der Waals surface area contributed by atoms with Gasteiger partial charge in [-0.3, -0.25) is 14.6 Å². The molecular formula is C26H36N6O2. The van der Waals surface area contributed by atoms with Gasteiger partial charge in [-0.25, -0.2) is 10.9 Å². The number of nitrogens with one attached hydrogen (secondary N) is 3. The van der Waals surface area contributed by atoms with E-state index in [4.69, 9.17) is 0 Å². The number of aromatic nitrogens is 1. The molecule has 0 spiro atoms. The molecular weight excluding hydrogens is 428 g/mol. The van der Waals surface area contributed by atoms with E-state index in [1.807, 2.05) is 30.0 Å². The summed E-state index contributed by atoms with van der Waals surface area (Å²) in [7, 11) is 0. The Bertz CT molecular complexity index is 986. The highest BCUT2D eigenvalue weighted by molar-refractivity contribution is 5.93. The zero-order valence-electron chi connectivity index (χ0n) is 20.4. The van der Waals surface area contributed by atoms with Gasteiger partial charge < -0.3 is 15.1 Å². The lowest BCUT2D eigenvalue weighted by Gasteiger charge is -2.33. The predicted molar refractivity (Wildman–Crippen MR) is 134 cm³/mol. The van der Waals surface area contributed by atoms with Crippen LogP contribution in [0.5, 0.6) is 0 Å². The maximum Gasteiger partial charge on any atom is 0.241 e. The number of aryl methyl sites for hydroxylation is 1. The lowest BCUT2D eigenvalue weighted by Crippen LogP contribution is -2.49. The quantitative estimate of drug-likeness (QED) is 0.584. The molecule has 3 heterocycles. The zero-order valence-corrected chi connectivity index (χ0v) is 20.4. The van der Waals surface area contributed by atoms with Gasteiger partial charge in [0.15, 0.2) is 0 Å². The number of hydrogen-bond donors (Lipinski definition) is 3. The molecule has 4 rings (SSSR count). The molecule has 2 atom stereocenters. The number of anilines is 2. The monoisotopic (exact) mass is 464 g/mol. The molecule has 2 aliphatic rings. The molecule has 182 valence electrons. The molecule has 0 bridgehead atoms. The summed E-state index contributed by atoms with van der Waals surface area (Å²) in [5.41, 5.74) is 10.6. The van der Waals surface area contributed by atoms with Crippen molar-refractivity contribution in [1.29, 1.82) is 0 Å². The van der Waals surface area contributed by atoms with Crippen molar-refractivity contribution in [2.75, 3.05) is 36.4 Å². The minimum Gasteiger partial charge on any atom is -0.372 e. The number of pyridine rings is 1. The molecule has 8 nitrogen and oxygen atoms in total. The van der Waals surface area contributed by atoms with Gasteiger partial charge in [0.2, 0.25) is 11.8 Å². The minimum absolute atomic E-state index is 0.0456. The first-order chi connectivity index (χ1) is 16.5. The van der Waals surface area contributed by atoms with E-state index in [1.54, 1.807) is 12.4 Å². The third kappa shape index (κ3) is 5.39. The number of nitrogens with zero attached hydrogens (tertiary/aromatic N) is 3. The fourth-order valence-electron chi connectivity index (χ4n) is 4.92. The van der Waals surface area contributed by atoms with Crippen molar-refractivity contribution in [3.05, 3.63) is 53.9 Å². The highest BCUT2D eigenvalue weighted by atomic mass is 16.2. The average molecular weight is 465 g/mol. The number of benzene rings is 1. The number of amides is 2. The molecule has 2 fully saturated rings. The number of carbonyl (C=O) groups excluding carboxylic acids is 2. The summed E-state index contributed by atoms with van der Waals surface area (Å²) in [6.45, 7) is 9.44. The molecule has 0 radical (unpaired) electrons. The van der Waals surface area contributed by atoms with Crippen molar-refractivity contribution >= 4 is 23.2 Å². The van der Waals surface area contributed by atoms with Gasteiger partial charge in [0, 0.05) is 61.9 Å². The number of piperidine rings is 1. The standard InChI is InChI=1S/C26H36N6O2/c1-4-31(5-2)21-6-7-22(18(3)16-21)28-25(33)20-10-14-32(15-11-20)26(34)24-17-23(29-30-24)19-8-12-27-13-9-19/h6-9,12-13,16,20,23-24,29-30H,4-5,10-11,14-15,17H2,1-3H3,(H,28,33).